The van der Waals surface area contributed by atoms with Crippen molar-refractivity contribution in [3.05, 3.63) is 83.8 Å². The molecule has 0 aliphatic heterocycles. The van der Waals surface area contributed by atoms with Gasteiger partial charge in [-0.3, -0.25) is 14.8 Å². The normalized spacial score (nSPS) is 11.9. The van der Waals surface area contributed by atoms with Crippen molar-refractivity contribution >= 4 is 22.6 Å². The van der Waals surface area contributed by atoms with Crippen LogP contribution in [0.1, 0.15) is 36.1 Å². The van der Waals surface area contributed by atoms with E-state index >= 15 is 0 Å². The number of hydrogen-bond acceptors (Lipinski definition) is 5. The summed E-state index contributed by atoms with van der Waals surface area (Å²) in [5, 5.41) is 3.99. The third-order valence-corrected chi connectivity index (χ3v) is 5.39. The Morgan fingerprint density at radius 3 is 2.74 bits per heavy atom. The average Bonchev–Trinajstić information content (AvgIpc) is 2.78. The molecular weight excluding hydrogens is 386 g/mol. The van der Waals surface area contributed by atoms with Crippen LogP contribution in [0.2, 0.25) is 0 Å². The Morgan fingerprint density at radius 2 is 1.97 bits per heavy atom. The van der Waals surface area contributed by atoms with Gasteiger partial charge in [-0.2, -0.15) is 0 Å². The van der Waals surface area contributed by atoms with E-state index in [-0.39, 0.29) is 11.9 Å². The second kappa shape index (κ2) is 8.92. The predicted molar refractivity (Wildman–Crippen MR) is 123 cm³/mol. The van der Waals surface area contributed by atoms with Crippen molar-refractivity contribution < 1.29 is 4.79 Å². The minimum Gasteiger partial charge on any atom is -0.383 e. The number of fused-ring (bicyclic) bond motifs is 1. The van der Waals surface area contributed by atoms with Gasteiger partial charge in [0.2, 0.25) is 5.91 Å². The standard InChI is InChI=1S/C25H25N5O/c1-16-5-3-12-28-24(16)18-7-9-22-21(13-18)14-19(25(26)30-22)8-10-23(31)29-17(2)20-6-4-11-27-15-20/h3-7,9,11-15,17H,8,10H2,1-2H3,(H2,26,30)(H,29,31)/t17-/m1/s1. The highest BCUT2D eigenvalue weighted by Crippen LogP contribution is 2.27. The maximum Gasteiger partial charge on any atom is 0.220 e. The summed E-state index contributed by atoms with van der Waals surface area (Å²) in [5.74, 6) is 0.427. The smallest absolute Gasteiger partial charge is 0.220 e. The Hall–Kier alpha value is -3.80. The Kier molecular flexibility index (Phi) is 5.89. The van der Waals surface area contributed by atoms with E-state index in [1.54, 1.807) is 18.6 Å². The molecule has 0 unspecified atom stereocenters. The van der Waals surface area contributed by atoms with E-state index in [2.05, 4.69) is 26.3 Å². The summed E-state index contributed by atoms with van der Waals surface area (Å²) in [4.78, 5) is 25.6. The molecule has 3 N–H and O–H groups in total. The van der Waals surface area contributed by atoms with Gasteiger partial charge in [0.1, 0.15) is 5.82 Å². The van der Waals surface area contributed by atoms with Gasteiger partial charge in [0.15, 0.2) is 0 Å². The lowest BCUT2D eigenvalue weighted by Gasteiger charge is -2.14. The Balaban J connectivity index is 1.50. The number of nitrogens with two attached hydrogens (primary N) is 1. The van der Waals surface area contributed by atoms with Crippen LogP contribution in [-0.2, 0) is 11.2 Å². The number of aromatic nitrogens is 3. The van der Waals surface area contributed by atoms with Crippen molar-refractivity contribution in [1.29, 1.82) is 0 Å². The molecule has 6 heteroatoms. The molecule has 6 nitrogen and oxygen atoms in total. The van der Waals surface area contributed by atoms with Crippen LogP contribution in [0.3, 0.4) is 0 Å². The van der Waals surface area contributed by atoms with E-state index in [0.717, 1.165) is 38.9 Å². The van der Waals surface area contributed by atoms with E-state index in [0.29, 0.717) is 18.7 Å². The Bertz CT molecular complexity index is 1220. The molecule has 0 saturated heterocycles. The summed E-state index contributed by atoms with van der Waals surface area (Å²) in [5.41, 5.74) is 11.9. The van der Waals surface area contributed by atoms with Crippen LogP contribution in [-0.4, -0.2) is 20.9 Å². The fourth-order valence-electron chi connectivity index (χ4n) is 3.65. The molecule has 0 aliphatic rings. The first-order chi connectivity index (χ1) is 15.0. The fraction of sp³-hybridized carbons (Fsp3) is 0.200. The van der Waals surface area contributed by atoms with Gasteiger partial charge in [0.25, 0.3) is 0 Å². The van der Waals surface area contributed by atoms with Crippen LogP contribution in [0.5, 0.6) is 0 Å². The van der Waals surface area contributed by atoms with Crippen molar-refractivity contribution in [2.24, 2.45) is 0 Å². The van der Waals surface area contributed by atoms with Crippen molar-refractivity contribution in [3.63, 3.8) is 0 Å². The molecule has 1 aromatic carbocycles. The number of anilines is 1. The van der Waals surface area contributed by atoms with Crippen LogP contribution in [0.15, 0.2) is 67.1 Å². The third kappa shape index (κ3) is 4.69. The Labute approximate surface area is 181 Å². The average molecular weight is 412 g/mol. The van der Waals surface area contributed by atoms with Gasteiger partial charge in [0.05, 0.1) is 17.3 Å². The first-order valence-electron chi connectivity index (χ1n) is 10.3. The first kappa shape index (κ1) is 20.5. The summed E-state index contributed by atoms with van der Waals surface area (Å²) in [6.07, 6.45) is 6.13. The van der Waals surface area contributed by atoms with Crippen molar-refractivity contribution in [1.82, 2.24) is 20.3 Å². The molecule has 0 fully saturated rings. The van der Waals surface area contributed by atoms with Crippen molar-refractivity contribution in [2.75, 3.05) is 5.73 Å². The third-order valence-electron chi connectivity index (χ3n) is 5.39. The number of nitrogen functional groups attached to an aromatic ring is 1. The number of amides is 1. The number of rotatable bonds is 6. The van der Waals surface area contributed by atoms with Crippen LogP contribution in [0, 0.1) is 6.92 Å². The van der Waals surface area contributed by atoms with E-state index in [1.165, 1.54) is 0 Å². The van der Waals surface area contributed by atoms with Crippen LogP contribution in [0.4, 0.5) is 5.82 Å². The van der Waals surface area contributed by atoms with Crippen LogP contribution in [0.25, 0.3) is 22.2 Å². The number of carbonyl (C=O) groups is 1. The summed E-state index contributed by atoms with van der Waals surface area (Å²) >= 11 is 0. The Morgan fingerprint density at radius 1 is 1.13 bits per heavy atom. The van der Waals surface area contributed by atoms with Crippen molar-refractivity contribution in [2.45, 2.75) is 32.7 Å². The molecular formula is C25H25N5O. The molecule has 0 saturated carbocycles. The van der Waals surface area contributed by atoms with E-state index in [1.807, 2.05) is 56.3 Å². The van der Waals surface area contributed by atoms with Gasteiger partial charge in [-0.05, 0) is 67.3 Å². The lowest BCUT2D eigenvalue weighted by atomic mass is 10.0. The van der Waals surface area contributed by atoms with Crippen LogP contribution < -0.4 is 11.1 Å². The number of aryl methyl sites for hydroxylation is 2. The van der Waals surface area contributed by atoms with E-state index in [4.69, 9.17) is 5.73 Å². The second-order valence-corrected chi connectivity index (χ2v) is 7.68. The molecule has 3 heterocycles. The minimum atomic E-state index is -0.0996. The zero-order valence-corrected chi connectivity index (χ0v) is 17.7. The lowest BCUT2D eigenvalue weighted by molar-refractivity contribution is -0.121. The summed E-state index contributed by atoms with van der Waals surface area (Å²) in [7, 11) is 0. The summed E-state index contributed by atoms with van der Waals surface area (Å²) < 4.78 is 0. The largest absolute Gasteiger partial charge is 0.383 e. The fourth-order valence-corrected chi connectivity index (χ4v) is 3.65. The van der Waals surface area contributed by atoms with Crippen LogP contribution >= 0.6 is 0 Å². The maximum absolute atomic E-state index is 12.5. The number of hydrogen-bond donors (Lipinski definition) is 2. The number of pyridine rings is 3. The quantitative estimate of drug-likeness (QED) is 0.491. The molecule has 0 aliphatic carbocycles. The second-order valence-electron chi connectivity index (χ2n) is 7.68. The van der Waals surface area contributed by atoms with Gasteiger partial charge < -0.3 is 11.1 Å². The molecule has 0 radical (unpaired) electrons. The first-order valence-corrected chi connectivity index (χ1v) is 10.3. The molecule has 0 bridgehead atoms. The maximum atomic E-state index is 12.5. The molecule has 156 valence electrons. The van der Waals surface area contributed by atoms with Gasteiger partial charge >= 0.3 is 0 Å². The van der Waals surface area contributed by atoms with Gasteiger partial charge in [-0.25, -0.2) is 4.98 Å². The molecule has 1 amide bonds. The number of carbonyl (C=O) groups excluding carboxylic acids is 1. The SMILES string of the molecule is Cc1cccnc1-c1ccc2nc(N)c(CCC(=O)N[C@H](C)c3cccnc3)cc2c1. The highest BCUT2D eigenvalue weighted by atomic mass is 16.1. The van der Waals surface area contributed by atoms with Gasteiger partial charge in [0, 0.05) is 36.0 Å². The summed E-state index contributed by atoms with van der Waals surface area (Å²) in [6.45, 7) is 3.99. The molecule has 4 rings (SSSR count). The lowest BCUT2D eigenvalue weighted by Crippen LogP contribution is -2.27. The highest BCUT2D eigenvalue weighted by molar-refractivity contribution is 5.86. The molecule has 3 aromatic heterocycles. The molecule has 1 atom stereocenters. The molecule has 0 spiro atoms. The zero-order valence-electron chi connectivity index (χ0n) is 17.7. The number of benzene rings is 1. The highest BCUT2D eigenvalue weighted by Gasteiger charge is 2.12. The molecule has 31 heavy (non-hydrogen) atoms. The monoisotopic (exact) mass is 411 g/mol. The minimum absolute atomic E-state index is 0.0336. The van der Waals surface area contributed by atoms with Gasteiger partial charge in [-0.1, -0.05) is 18.2 Å². The van der Waals surface area contributed by atoms with E-state index in [9.17, 15) is 4.79 Å². The summed E-state index contributed by atoms with van der Waals surface area (Å²) in [6, 6.07) is 15.8. The number of nitrogens with zero attached hydrogens (tertiary/aromatic N) is 3. The van der Waals surface area contributed by atoms with Gasteiger partial charge in [-0.15, -0.1) is 0 Å². The van der Waals surface area contributed by atoms with Crippen molar-refractivity contribution in [3.8, 4) is 11.3 Å². The molecule has 4 aromatic rings. The zero-order chi connectivity index (χ0) is 21.8. The number of nitrogens with one attached hydrogen (secondary N) is 1. The van der Waals surface area contributed by atoms with E-state index < -0.39 is 0 Å². The predicted octanol–water partition coefficient (Wildman–Crippen LogP) is 4.39. The topological polar surface area (TPSA) is 93.8 Å².